The highest BCUT2D eigenvalue weighted by atomic mass is 16.5. The van der Waals surface area contributed by atoms with Crippen LogP contribution in [0.2, 0.25) is 0 Å². The lowest BCUT2D eigenvalue weighted by Gasteiger charge is -2.34. The maximum absolute atomic E-state index is 6.49. The highest BCUT2D eigenvalue weighted by molar-refractivity contribution is 5.32. The van der Waals surface area contributed by atoms with Crippen LogP contribution in [-0.4, -0.2) is 6.10 Å². The van der Waals surface area contributed by atoms with Gasteiger partial charge in [0.25, 0.3) is 0 Å². The molecule has 0 radical (unpaired) electrons. The first-order valence-electron chi connectivity index (χ1n) is 6.66. The molecule has 94 valence electrons. The molecule has 0 heterocycles. The normalized spacial score (nSPS) is 19.3. The molecule has 17 heavy (non-hydrogen) atoms. The summed E-state index contributed by atoms with van der Waals surface area (Å²) in [6, 6.07) is 8.34. The molecule has 0 aliphatic heterocycles. The van der Waals surface area contributed by atoms with E-state index in [1.807, 2.05) is 26.0 Å². The molecule has 1 aliphatic carbocycles. The summed E-state index contributed by atoms with van der Waals surface area (Å²) >= 11 is 0. The topological polar surface area (TPSA) is 35.2 Å². The Morgan fingerprint density at radius 1 is 1.06 bits per heavy atom. The van der Waals surface area contributed by atoms with Gasteiger partial charge in [-0.1, -0.05) is 31.4 Å². The van der Waals surface area contributed by atoms with E-state index < -0.39 is 0 Å². The first kappa shape index (κ1) is 12.4. The molecule has 1 aromatic carbocycles. The smallest absolute Gasteiger partial charge is 0.119 e. The average Bonchev–Trinajstić information content (AvgIpc) is 2.30. The molecular formula is C15H23NO. The number of rotatable bonds is 3. The van der Waals surface area contributed by atoms with Crippen molar-refractivity contribution in [1.82, 2.24) is 0 Å². The Labute approximate surface area is 104 Å². The van der Waals surface area contributed by atoms with Crippen molar-refractivity contribution in [3.05, 3.63) is 29.8 Å². The molecule has 1 fully saturated rings. The second kappa shape index (κ2) is 5.09. The molecule has 2 heteroatoms. The zero-order chi connectivity index (χ0) is 12.3. The van der Waals surface area contributed by atoms with Crippen molar-refractivity contribution in [3.8, 4) is 5.75 Å². The summed E-state index contributed by atoms with van der Waals surface area (Å²) in [5, 5.41) is 0. The standard InChI is InChI=1S/C15H23NO/c1-12(2)17-14-8-6-13(7-9-14)15(16)10-4-3-5-11-15/h6-9,12H,3-5,10-11,16H2,1-2H3. The minimum Gasteiger partial charge on any atom is -0.491 e. The van der Waals surface area contributed by atoms with Gasteiger partial charge in [-0.2, -0.15) is 0 Å². The van der Waals surface area contributed by atoms with Crippen molar-refractivity contribution in [3.63, 3.8) is 0 Å². The van der Waals surface area contributed by atoms with E-state index in [9.17, 15) is 0 Å². The highest BCUT2D eigenvalue weighted by Gasteiger charge is 2.29. The maximum Gasteiger partial charge on any atom is 0.119 e. The molecule has 2 nitrogen and oxygen atoms in total. The molecule has 2 N–H and O–H groups in total. The van der Waals surface area contributed by atoms with Crippen molar-refractivity contribution < 1.29 is 4.74 Å². The second-order valence-electron chi connectivity index (χ2n) is 5.41. The van der Waals surface area contributed by atoms with Crippen LogP contribution in [0.25, 0.3) is 0 Å². The van der Waals surface area contributed by atoms with Gasteiger partial charge >= 0.3 is 0 Å². The predicted molar refractivity (Wildman–Crippen MR) is 71.2 cm³/mol. The number of benzene rings is 1. The molecule has 2 rings (SSSR count). The summed E-state index contributed by atoms with van der Waals surface area (Å²) < 4.78 is 5.65. The van der Waals surface area contributed by atoms with Crippen LogP contribution in [0.3, 0.4) is 0 Å². The van der Waals surface area contributed by atoms with Gasteiger partial charge in [0, 0.05) is 5.54 Å². The van der Waals surface area contributed by atoms with Crippen LogP contribution in [-0.2, 0) is 5.54 Å². The van der Waals surface area contributed by atoms with E-state index in [1.54, 1.807) is 0 Å². The lowest BCUT2D eigenvalue weighted by Crippen LogP contribution is -2.38. The average molecular weight is 233 g/mol. The second-order valence-corrected chi connectivity index (χ2v) is 5.41. The fourth-order valence-electron chi connectivity index (χ4n) is 2.61. The van der Waals surface area contributed by atoms with E-state index in [0.29, 0.717) is 0 Å². The van der Waals surface area contributed by atoms with Gasteiger partial charge in [-0.05, 0) is 44.4 Å². The summed E-state index contributed by atoms with van der Waals surface area (Å²) in [6.07, 6.45) is 6.27. The minimum absolute atomic E-state index is 0.103. The summed E-state index contributed by atoms with van der Waals surface area (Å²) in [4.78, 5) is 0. The van der Waals surface area contributed by atoms with Gasteiger partial charge < -0.3 is 10.5 Å². The molecule has 0 amide bonds. The van der Waals surface area contributed by atoms with Crippen LogP contribution >= 0.6 is 0 Å². The Morgan fingerprint density at radius 2 is 1.65 bits per heavy atom. The summed E-state index contributed by atoms with van der Waals surface area (Å²) in [6.45, 7) is 4.08. The van der Waals surface area contributed by atoms with Crippen LogP contribution in [0.15, 0.2) is 24.3 Å². The third-order valence-electron chi connectivity index (χ3n) is 3.55. The monoisotopic (exact) mass is 233 g/mol. The van der Waals surface area contributed by atoms with Gasteiger partial charge in [0.15, 0.2) is 0 Å². The van der Waals surface area contributed by atoms with Crippen LogP contribution in [0.1, 0.15) is 51.5 Å². The van der Waals surface area contributed by atoms with E-state index in [-0.39, 0.29) is 11.6 Å². The van der Waals surface area contributed by atoms with Crippen molar-refractivity contribution in [1.29, 1.82) is 0 Å². The van der Waals surface area contributed by atoms with Crippen LogP contribution in [0.5, 0.6) is 5.75 Å². The quantitative estimate of drug-likeness (QED) is 0.866. The van der Waals surface area contributed by atoms with E-state index in [2.05, 4.69) is 12.1 Å². The first-order valence-corrected chi connectivity index (χ1v) is 6.66. The van der Waals surface area contributed by atoms with E-state index >= 15 is 0 Å². The molecule has 0 aromatic heterocycles. The fourth-order valence-corrected chi connectivity index (χ4v) is 2.61. The van der Waals surface area contributed by atoms with Crippen LogP contribution in [0, 0.1) is 0 Å². The van der Waals surface area contributed by atoms with Crippen LogP contribution < -0.4 is 10.5 Å². The maximum atomic E-state index is 6.49. The van der Waals surface area contributed by atoms with Gasteiger partial charge in [0.05, 0.1) is 6.10 Å². The van der Waals surface area contributed by atoms with Crippen LogP contribution in [0.4, 0.5) is 0 Å². The molecule has 0 spiro atoms. The molecule has 1 aliphatic rings. The lowest BCUT2D eigenvalue weighted by molar-refractivity contribution is 0.242. The Kier molecular flexibility index (Phi) is 3.72. The largest absolute Gasteiger partial charge is 0.491 e. The molecule has 0 atom stereocenters. The lowest BCUT2D eigenvalue weighted by atomic mass is 9.77. The van der Waals surface area contributed by atoms with Gasteiger partial charge in [0.2, 0.25) is 0 Å². The Hall–Kier alpha value is -1.02. The van der Waals surface area contributed by atoms with Gasteiger partial charge in [0.1, 0.15) is 5.75 Å². The Morgan fingerprint density at radius 3 is 2.18 bits per heavy atom. The zero-order valence-electron chi connectivity index (χ0n) is 10.9. The third kappa shape index (κ3) is 3.01. The number of nitrogens with two attached hydrogens (primary N) is 1. The minimum atomic E-state index is -0.103. The van der Waals surface area contributed by atoms with Crippen molar-refractivity contribution in [2.45, 2.75) is 57.6 Å². The molecule has 0 unspecified atom stereocenters. The molecule has 0 bridgehead atoms. The molecule has 1 aromatic rings. The molecular weight excluding hydrogens is 210 g/mol. The zero-order valence-corrected chi connectivity index (χ0v) is 10.9. The van der Waals surface area contributed by atoms with Gasteiger partial charge in [-0.15, -0.1) is 0 Å². The summed E-state index contributed by atoms with van der Waals surface area (Å²) in [5.41, 5.74) is 7.65. The van der Waals surface area contributed by atoms with Gasteiger partial charge in [-0.3, -0.25) is 0 Å². The summed E-state index contributed by atoms with van der Waals surface area (Å²) in [5.74, 6) is 0.933. The Bertz CT molecular complexity index is 350. The predicted octanol–water partition coefficient (Wildman–Crippen LogP) is 3.59. The van der Waals surface area contributed by atoms with Gasteiger partial charge in [-0.25, -0.2) is 0 Å². The molecule has 1 saturated carbocycles. The van der Waals surface area contributed by atoms with Crippen molar-refractivity contribution >= 4 is 0 Å². The number of ether oxygens (including phenoxy) is 1. The molecule has 0 saturated heterocycles. The van der Waals surface area contributed by atoms with Crippen molar-refractivity contribution in [2.24, 2.45) is 5.73 Å². The van der Waals surface area contributed by atoms with E-state index in [1.165, 1.54) is 24.8 Å². The number of hydrogen-bond donors (Lipinski definition) is 1. The third-order valence-corrected chi connectivity index (χ3v) is 3.55. The fraction of sp³-hybridized carbons (Fsp3) is 0.600. The number of hydrogen-bond acceptors (Lipinski definition) is 2. The highest BCUT2D eigenvalue weighted by Crippen LogP contribution is 2.35. The SMILES string of the molecule is CC(C)Oc1ccc(C2(N)CCCCC2)cc1. The van der Waals surface area contributed by atoms with E-state index in [4.69, 9.17) is 10.5 Å². The van der Waals surface area contributed by atoms with Crippen molar-refractivity contribution in [2.75, 3.05) is 0 Å². The first-order chi connectivity index (χ1) is 8.10. The van der Waals surface area contributed by atoms with E-state index in [0.717, 1.165) is 18.6 Å². The Balaban J connectivity index is 2.11. The summed E-state index contributed by atoms with van der Waals surface area (Å²) in [7, 11) is 0.